The summed E-state index contributed by atoms with van der Waals surface area (Å²) in [6, 6.07) is 9.01. The number of allylic oxidation sites excluding steroid dienone is 1. The topological polar surface area (TPSA) is 87.5 Å². The molecule has 0 unspecified atom stereocenters. The number of carbonyl (C=O) groups excluding carboxylic acids is 1. The van der Waals surface area contributed by atoms with E-state index in [2.05, 4.69) is 15.2 Å². The molecule has 0 spiro atoms. The number of aliphatic hydroxyl groups is 1. The number of rotatable bonds is 5. The van der Waals surface area contributed by atoms with E-state index < -0.39 is 5.92 Å². The Morgan fingerprint density at radius 3 is 2.86 bits per heavy atom. The lowest BCUT2D eigenvalue weighted by atomic mass is 9.86. The van der Waals surface area contributed by atoms with Crippen molar-refractivity contribution in [1.82, 2.24) is 19.8 Å². The van der Waals surface area contributed by atoms with E-state index in [1.54, 1.807) is 16.8 Å². The first kappa shape index (κ1) is 19.5. The average Bonchev–Trinajstić information content (AvgIpc) is 2.91. The molecule has 2 aromatic rings. The molecule has 4 rings (SSSR count). The lowest BCUT2D eigenvalue weighted by Crippen LogP contribution is -2.44. The summed E-state index contributed by atoms with van der Waals surface area (Å²) in [4.78, 5) is 32.5. The summed E-state index contributed by atoms with van der Waals surface area (Å²) >= 11 is 0. The van der Waals surface area contributed by atoms with Crippen molar-refractivity contribution in [3.8, 4) is 0 Å². The van der Waals surface area contributed by atoms with Crippen molar-refractivity contribution in [2.24, 2.45) is 11.8 Å². The van der Waals surface area contributed by atoms with Crippen LogP contribution in [-0.2, 0) is 17.9 Å². The first-order valence-electron chi connectivity index (χ1n) is 9.93. The zero-order valence-electron chi connectivity index (χ0n) is 16.7. The number of amides is 1. The van der Waals surface area contributed by atoms with Gasteiger partial charge in [0.1, 0.15) is 0 Å². The van der Waals surface area contributed by atoms with Gasteiger partial charge in [0, 0.05) is 42.6 Å². The van der Waals surface area contributed by atoms with E-state index in [1.807, 2.05) is 50.4 Å². The van der Waals surface area contributed by atoms with Gasteiger partial charge in [-0.3, -0.25) is 19.5 Å². The van der Waals surface area contributed by atoms with Gasteiger partial charge >= 0.3 is 0 Å². The van der Waals surface area contributed by atoms with E-state index in [4.69, 9.17) is 0 Å². The number of likely N-dealkylation sites (N-methyl/N-ethyl adjacent to an activating group) is 1. The minimum absolute atomic E-state index is 0.0464. The van der Waals surface area contributed by atoms with E-state index in [1.165, 1.54) is 0 Å². The number of aromatic nitrogens is 2. The van der Waals surface area contributed by atoms with Gasteiger partial charge in [-0.2, -0.15) is 0 Å². The number of pyridine rings is 2. The molecule has 4 heterocycles. The van der Waals surface area contributed by atoms with Crippen LogP contribution in [0.2, 0.25) is 0 Å². The van der Waals surface area contributed by atoms with Gasteiger partial charge in [-0.05, 0) is 38.2 Å². The number of fused-ring (bicyclic) bond motifs is 4. The number of carbonyl (C=O) groups is 1. The maximum atomic E-state index is 13.2. The molecule has 152 valence electrons. The predicted octanol–water partition coefficient (Wildman–Crippen LogP) is 1.19. The number of hydrogen-bond acceptors (Lipinski definition) is 5. The van der Waals surface area contributed by atoms with E-state index in [0.29, 0.717) is 18.7 Å². The molecule has 7 nitrogen and oxygen atoms in total. The van der Waals surface area contributed by atoms with Crippen molar-refractivity contribution in [3.05, 3.63) is 69.9 Å². The molecule has 2 aromatic heterocycles. The Morgan fingerprint density at radius 2 is 2.17 bits per heavy atom. The van der Waals surface area contributed by atoms with Crippen LogP contribution in [-0.4, -0.2) is 45.2 Å². The lowest BCUT2D eigenvalue weighted by Gasteiger charge is -2.35. The van der Waals surface area contributed by atoms with E-state index >= 15 is 0 Å². The largest absolute Gasteiger partial charge is 0.396 e. The van der Waals surface area contributed by atoms with Crippen LogP contribution in [0.3, 0.4) is 0 Å². The number of hydrogen-bond donors (Lipinski definition) is 2. The molecule has 0 saturated carbocycles. The van der Waals surface area contributed by atoms with Crippen LogP contribution in [0, 0.1) is 11.8 Å². The van der Waals surface area contributed by atoms with Crippen LogP contribution < -0.4 is 10.9 Å². The van der Waals surface area contributed by atoms with Crippen LogP contribution in [0.5, 0.6) is 0 Å². The molecule has 0 radical (unpaired) electrons. The van der Waals surface area contributed by atoms with Gasteiger partial charge in [0.15, 0.2) is 0 Å². The Bertz CT molecular complexity index is 985. The van der Waals surface area contributed by atoms with Gasteiger partial charge in [0.05, 0.1) is 24.2 Å². The highest BCUT2D eigenvalue weighted by Gasteiger charge is 2.54. The van der Waals surface area contributed by atoms with Gasteiger partial charge in [0.25, 0.3) is 5.56 Å². The van der Waals surface area contributed by atoms with Crippen molar-refractivity contribution in [2.45, 2.75) is 32.1 Å². The SMILES string of the molecule is C/C=C\c1ccc2n(c1=O)C[C@H]1[C@H](CO)[C@@H](C(=O)NCc3ccccn3)[C@@H]2N1C. The van der Waals surface area contributed by atoms with Crippen molar-refractivity contribution in [2.75, 3.05) is 13.7 Å². The second kappa shape index (κ2) is 7.93. The third-order valence-corrected chi connectivity index (χ3v) is 6.20. The smallest absolute Gasteiger partial charge is 0.258 e. The van der Waals surface area contributed by atoms with Gasteiger partial charge in [0.2, 0.25) is 5.91 Å². The highest BCUT2D eigenvalue weighted by molar-refractivity contribution is 5.80. The number of nitrogens with one attached hydrogen (secondary N) is 1. The summed E-state index contributed by atoms with van der Waals surface area (Å²) in [5.41, 5.74) is 2.20. The summed E-state index contributed by atoms with van der Waals surface area (Å²) in [5.74, 6) is -0.787. The van der Waals surface area contributed by atoms with Crippen molar-refractivity contribution >= 4 is 12.0 Å². The molecule has 2 bridgehead atoms. The normalized spacial score (nSPS) is 25.9. The molecular formula is C22H26N4O3. The minimum atomic E-state index is -0.431. The predicted molar refractivity (Wildman–Crippen MR) is 110 cm³/mol. The Hall–Kier alpha value is -2.77. The lowest BCUT2D eigenvalue weighted by molar-refractivity contribution is -0.127. The van der Waals surface area contributed by atoms with Crippen molar-refractivity contribution in [3.63, 3.8) is 0 Å². The summed E-state index contributed by atoms with van der Waals surface area (Å²) in [5, 5.41) is 13.1. The molecule has 1 amide bonds. The minimum Gasteiger partial charge on any atom is -0.396 e. The highest BCUT2D eigenvalue weighted by Crippen LogP contribution is 2.47. The zero-order chi connectivity index (χ0) is 20.5. The molecule has 1 fully saturated rings. The molecule has 2 aliphatic heterocycles. The fourth-order valence-electron chi connectivity index (χ4n) is 4.81. The Balaban J connectivity index is 1.67. The van der Waals surface area contributed by atoms with E-state index in [9.17, 15) is 14.7 Å². The fraction of sp³-hybridized carbons (Fsp3) is 0.409. The third kappa shape index (κ3) is 3.30. The van der Waals surface area contributed by atoms with Gasteiger partial charge in [-0.25, -0.2) is 0 Å². The molecule has 2 aliphatic rings. The van der Waals surface area contributed by atoms with Gasteiger partial charge in [-0.15, -0.1) is 0 Å². The maximum Gasteiger partial charge on any atom is 0.258 e. The third-order valence-electron chi connectivity index (χ3n) is 6.20. The maximum absolute atomic E-state index is 13.2. The van der Waals surface area contributed by atoms with Crippen molar-refractivity contribution in [1.29, 1.82) is 0 Å². The number of aliphatic hydroxyl groups excluding tert-OH is 1. The van der Waals surface area contributed by atoms with Crippen LogP contribution in [0.4, 0.5) is 0 Å². The fourth-order valence-corrected chi connectivity index (χ4v) is 4.81. The van der Waals surface area contributed by atoms with Crippen LogP contribution in [0.25, 0.3) is 6.08 Å². The Morgan fingerprint density at radius 1 is 1.34 bits per heavy atom. The Labute approximate surface area is 169 Å². The molecule has 0 aromatic carbocycles. The molecule has 29 heavy (non-hydrogen) atoms. The van der Waals surface area contributed by atoms with E-state index in [0.717, 1.165) is 11.4 Å². The molecule has 0 aliphatic carbocycles. The van der Waals surface area contributed by atoms with Crippen LogP contribution in [0.15, 0.2) is 47.4 Å². The monoisotopic (exact) mass is 394 g/mol. The molecule has 1 saturated heterocycles. The van der Waals surface area contributed by atoms with E-state index in [-0.39, 0.29) is 36.1 Å². The zero-order valence-corrected chi connectivity index (χ0v) is 16.7. The Kier molecular flexibility index (Phi) is 5.34. The average molecular weight is 394 g/mol. The first-order valence-corrected chi connectivity index (χ1v) is 9.93. The molecule has 4 atom stereocenters. The summed E-state index contributed by atoms with van der Waals surface area (Å²) in [7, 11) is 1.97. The quantitative estimate of drug-likeness (QED) is 0.795. The second-order valence-electron chi connectivity index (χ2n) is 7.72. The highest BCUT2D eigenvalue weighted by atomic mass is 16.3. The standard InChI is InChI=1S/C22H26N4O3/c1-3-6-14-8-9-17-20-19(21(28)24-11-15-7-4-5-10-23-15)16(13-27)18(25(20)2)12-26(17)22(14)29/h3-10,16,18-20,27H,11-13H2,1-2H3,(H,24,28)/b6-3-/t16-,18-,19+,20+/m0/s1. The van der Waals surface area contributed by atoms with Crippen molar-refractivity contribution < 1.29 is 9.90 Å². The summed E-state index contributed by atoms with van der Waals surface area (Å²) in [6.45, 7) is 2.59. The summed E-state index contributed by atoms with van der Waals surface area (Å²) < 4.78 is 1.78. The number of nitrogens with zero attached hydrogens (tertiary/aromatic N) is 3. The summed E-state index contributed by atoms with van der Waals surface area (Å²) in [6.07, 6.45) is 5.34. The second-order valence-corrected chi connectivity index (χ2v) is 7.72. The van der Waals surface area contributed by atoms with Crippen LogP contribution >= 0.6 is 0 Å². The van der Waals surface area contributed by atoms with Gasteiger partial charge in [-0.1, -0.05) is 18.2 Å². The molecule has 2 N–H and O–H groups in total. The van der Waals surface area contributed by atoms with Crippen LogP contribution in [0.1, 0.15) is 29.9 Å². The first-order chi connectivity index (χ1) is 14.1. The molecule has 7 heteroatoms. The van der Waals surface area contributed by atoms with Gasteiger partial charge < -0.3 is 15.0 Å². The molecular weight excluding hydrogens is 368 g/mol.